The fourth-order valence-electron chi connectivity index (χ4n) is 1.82. The number of benzene rings is 1. The van der Waals surface area contributed by atoms with Gasteiger partial charge in [0.25, 0.3) is 5.91 Å². The molecule has 0 fully saturated rings. The van der Waals surface area contributed by atoms with Gasteiger partial charge in [-0.3, -0.25) is 9.78 Å². The van der Waals surface area contributed by atoms with E-state index in [1.165, 1.54) is 12.3 Å². The Morgan fingerprint density at radius 1 is 1.30 bits per heavy atom. The number of halogens is 1. The molecule has 0 bridgehead atoms. The second-order valence-electron chi connectivity index (χ2n) is 4.15. The maximum atomic E-state index is 12.3. The Morgan fingerprint density at radius 3 is 2.70 bits per heavy atom. The molecule has 6 heteroatoms. The van der Waals surface area contributed by atoms with E-state index in [-0.39, 0.29) is 11.1 Å². The van der Waals surface area contributed by atoms with Gasteiger partial charge in [0.05, 0.1) is 23.0 Å². The Morgan fingerprint density at radius 2 is 2.05 bits per heavy atom. The summed E-state index contributed by atoms with van der Waals surface area (Å²) in [4.78, 5) is 27.4. The lowest BCUT2D eigenvalue weighted by Gasteiger charge is -2.10. The zero-order chi connectivity index (χ0) is 14.7. The molecule has 1 amide bonds. The predicted molar refractivity (Wildman–Crippen MR) is 78.0 cm³/mol. The predicted octanol–water partition coefficient (Wildman–Crippen LogP) is 3.10. The molecule has 0 saturated carbocycles. The number of hydrogen-bond donors (Lipinski definition) is 2. The summed E-state index contributed by atoms with van der Waals surface area (Å²) in [7, 11) is 0. The molecule has 0 aliphatic rings. The lowest BCUT2D eigenvalue weighted by molar-refractivity contribution is 0.0692. The summed E-state index contributed by atoms with van der Waals surface area (Å²) in [6, 6.07) is 6.39. The van der Waals surface area contributed by atoms with Crippen LogP contribution in [0.4, 0.5) is 5.69 Å². The van der Waals surface area contributed by atoms with Crippen LogP contribution in [0.5, 0.6) is 0 Å². The van der Waals surface area contributed by atoms with Crippen molar-refractivity contribution < 1.29 is 14.7 Å². The van der Waals surface area contributed by atoms with Gasteiger partial charge in [-0.05, 0) is 40.5 Å². The molecule has 0 saturated heterocycles. The van der Waals surface area contributed by atoms with E-state index in [4.69, 9.17) is 5.11 Å². The zero-order valence-electron chi connectivity index (χ0n) is 10.6. The van der Waals surface area contributed by atoms with Gasteiger partial charge in [0.15, 0.2) is 0 Å². The van der Waals surface area contributed by atoms with E-state index in [1.807, 2.05) is 0 Å². The fraction of sp³-hybridized carbons (Fsp3) is 0.0714. The Hall–Kier alpha value is -2.21. The summed E-state index contributed by atoms with van der Waals surface area (Å²) in [5.74, 6) is -1.60. The molecule has 102 valence electrons. The molecule has 0 atom stereocenters. The Bertz CT molecular complexity index is 686. The number of rotatable bonds is 3. The van der Waals surface area contributed by atoms with E-state index < -0.39 is 11.9 Å². The normalized spacial score (nSPS) is 10.1. The summed E-state index contributed by atoms with van der Waals surface area (Å²) in [6.07, 6.45) is 3.08. The van der Waals surface area contributed by atoms with Crippen LogP contribution in [-0.2, 0) is 0 Å². The van der Waals surface area contributed by atoms with E-state index in [0.29, 0.717) is 11.3 Å². The number of carbonyl (C=O) groups excluding carboxylic acids is 1. The molecule has 2 N–H and O–H groups in total. The highest BCUT2D eigenvalue weighted by atomic mass is 79.9. The van der Waals surface area contributed by atoms with Gasteiger partial charge in [0, 0.05) is 10.7 Å². The average Bonchev–Trinajstić information content (AvgIpc) is 2.38. The highest BCUT2D eigenvalue weighted by Crippen LogP contribution is 2.18. The summed E-state index contributed by atoms with van der Waals surface area (Å²) in [5.41, 5.74) is 1.22. The molecule has 1 heterocycles. The Labute approximate surface area is 123 Å². The van der Waals surface area contributed by atoms with Crippen molar-refractivity contribution in [2.45, 2.75) is 6.92 Å². The number of carbonyl (C=O) groups is 2. The number of aryl methyl sites for hydroxylation is 1. The van der Waals surface area contributed by atoms with Crippen LogP contribution in [0.1, 0.15) is 26.3 Å². The molecule has 2 rings (SSSR count). The van der Waals surface area contributed by atoms with Crippen LogP contribution in [-0.4, -0.2) is 22.0 Å². The second kappa shape index (κ2) is 5.83. The summed E-state index contributed by atoms with van der Waals surface area (Å²) in [6.45, 7) is 1.69. The van der Waals surface area contributed by atoms with Crippen molar-refractivity contribution in [2.75, 3.05) is 5.32 Å². The van der Waals surface area contributed by atoms with E-state index in [2.05, 4.69) is 26.2 Å². The minimum atomic E-state index is -1.13. The molecular weight excluding hydrogens is 324 g/mol. The second-order valence-corrected chi connectivity index (χ2v) is 5.06. The highest BCUT2D eigenvalue weighted by Gasteiger charge is 2.18. The minimum Gasteiger partial charge on any atom is -0.478 e. The van der Waals surface area contributed by atoms with E-state index in [1.54, 1.807) is 31.3 Å². The van der Waals surface area contributed by atoms with Gasteiger partial charge in [0.1, 0.15) is 0 Å². The first-order valence-corrected chi connectivity index (χ1v) is 6.53. The number of amides is 1. The standard InChI is InChI=1S/C14H11BrN2O3/c1-8-3-2-4-11(14(19)20)12(8)13(18)17-10-5-9(15)6-16-7-10/h2-7H,1H3,(H,17,18)(H,19,20). The third kappa shape index (κ3) is 3.03. The number of carboxylic acid groups (broad SMARTS) is 1. The molecule has 1 aromatic heterocycles. The first kappa shape index (κ1) is 14.2. The highest BCUT2D eigenvalue weighted by molar-refractivity contribution is 9.10. The van der Waals surface area contributed by atoms with Gasteiger partial charge in [-0.15, -0.1) is 0 Å². The topological polar surface area (TPSA) is 79.3 Å². The monoisotopic (exact) mass is 334 g/mol. The van der Waals surface area contributed by atoms with Crippen molar-refractivity contribution in [3.63, 3.8) is 0 Å². The van der Waals surface area contributed by atoms with E-state index >= 15 is 0 Å². The molecule has 0 unspecified atom stereocenters. The molecule has 2 aromatic rings. The number of aromatic nitrogens is 1. The van der Waals surface area contributed by atoms with Crippen LogP contribution in [0.3, 0.4) is 0 Å². The van der Waals surface area contributed by atoms with Gasteiger partial charge in [-0.25, -0.2) is 4.79 Å². The van der Waals surface area contributed by atoms with E-state index in [0.717, 1.165) is 4.47 Å². The maximum Gasteiger partial charge on any atom is 0.336 e. The molecule has 0 aliphatic heterocycles. The van der Waals surface area contributed by atoms with Crippen LogP contribution < -0.4 is 5.32 Å². The van der Waals surface area contributed by atoms with Crippen molar-refractivity contribution in [2.24, 2.45) is 0 Å². The molecular formula is C14H11BrN2O3. The molecule has 0 radical (unpaired) electrons. The first-order chi connectivity index (χ1) is 9.49. The van der Waals surface area contributed by atoms with Crippen LogP contribution in [0.25, 0.3) is 0 Å². The number of aromatic carboxylic acids is 1. The van der Waals surface area contributed by atoms with Crippen molar-refractivity contribution in [3.05, 3.63) is 57.8 Å². The number of anilines is 1. The van der Waals surface area contributed by atoms with Crippen molar-refractivity contribution in [3.8, 4) is 0 Å². The Balaban J connectivity index is 2.37. The van der Waals surface area contributed by atoms with Gasteiger partial charge in [-0.2, -0.15) is 0 Å². The molecule has 0 spiro atoms. The van der Waals surface area contributed by atoms with E-state index in [9.17, 15) is 9.59 Å². The minimum absolute atomic E-state index is 0.0227. The maximum absolute atomic E-state index is 12.3. The molecule has 20 heavy (non-hydrogen) atoms. The zero-order valence-corrected chi connectivity index (χ0v) is 12.1. The number of carboxylic acids is 1. The fourth-order valence-corrected chi connectivity index (χ4v) is 2.19. The number of pyridine rings is 1. The van der Waals surface area contributed by atoms with Gasteiger partial charge in [-0.1, -0.05) is 12.1 Å². The Kier molecular flexibility index (Phi) is 4.14. The van der Waals surface area contributed by atoms with Crippen LogP contribution in [0.2, 0.25) is 0 Å². The lowest BCUT2D eigenvalue weighted by atomic mass is 10.0. The molecule has 1 aromatic carbocycles. The summed E-state index contributed by atoms with van der Waals surface area (Å²) >= 11 is 3.25. The lowest BCUT2D eigenvalue weighted by Crippen LogP contribution is -2.18. The number of nitrogens with one attached hydrogen (secondary N) is 1. The number of hydrogen-bond acceptors (Lipinski definition) is 3. The third-order valence-electron chi connectivity index (χ3n) is 2.69. The van der Waals surface area contributed by atoms with Crippen LogP contribution >= 0.6 is 15.9 Å². The third-order valence-corrected chi connectivity index (χ3v) is 3.13. The first-order valence-electron chi connectivity index (χ1n) is 5.74. The van der Waals surface area contributed by atoms with Gasteiger partial charge < -0.3 is 10.4 Å². The quantitative estimate of drug-likeness (QED) is 0.903. The number of nitrogens with zero attached hydrogens (tertiary/aromatic N) is 1. The molecule has 5 nitrogen and oxygen atoms in total. The SMILES string of the molecule is Cc1cccc(C(=O)O)c1C(=O)Nc1cncc(Br)c1. The summed E-state index contributed by atoms with van der Waals surface area (Å²) in [5, 5.41) is 11.8. The summed E-state index contributed by atoms with van der Waals surface area (Å²) < 4.78 is 0.721. The molecule has 0 aliphatic carbocycles. The van der Waals surface area contributed by atoms with Gasteiger partial charge in [0.2, 0.25) is 0 Å². The van der Waals surface area contributed by atoms with Crippen molar-refractivity contribution in [1.29, 1.82) is 0 Å². The van der Waals surface area contributed by atoms with Crippen LogP contribution in [0, 0.1) is 6.92 Å². The average molecular weight is 335 g/mol. The van der Waals surface area contributed by atoms with Crippen molar-refractivity contribution >= 4 is 33.5 Å². The van der Waals surface area contributed by atoms with Crippen LogP contribution in [0.15, 0.2) is 41.1 Å². The van der Waals surface area contributed by atoms with Crippen molar-refractivity contribution in [1.82, 2.24) is 4.98 Å². The van der Waals surface area contributed by atoms with Gasteiger partial charge >= 0.3 is 5.97 Å². The largest absolute Gasteiger partial charge is 0.478 e. The smallest absolute Gasteiger partial charge is 0.336 e.